The lowest BCUT2D eigenvalue weighted by molar-refractivity contribution is 0.285. The van der Waals surface area contributed by atoms with Crippen LogP contribution in [0.25, 0.3) is 0 Å². The Balaban J connectivity index is 2.38. The minimum absolute atomic E-state index is 0.154. The summed E-state index contributed by atoms with van der Waals surface area (Å²) >= 11 is 4.62. The third-order valence-electron chi connectivity index (χ3n) is 2.80. The lowest BCUT2D eigenvalue weighted by Crippen LogP contribution is -2.13. The molecule has 1 heterocycles. The summed E-state index contributed by atoms with van der Waals surface area (Å²) in [5.41, 5.74) is 1.38. The first-order valence-electron chi connectivity index (χ1n) is 5.82. The number of aryl methyl sites for hydroxylation is 2. The molecule has 108 valence electrons. The maximum atomic E-state index is 12.4. The predicted octanol–water partition coefficient (Wildman–Crippen LogP) is 3.42. The van der Waals surface area contributed by atoms with E-state index in [0.717, 1.165) is 10.0 Å². The third kappa shape index (κ3) is 3.22. The smallest absolute Gasteiger partial charge is 0.263 e. The molecule has 0 spiro atoms. The van der Waals surface area contributed by atoms with E-state index in [2.05, 4.69) is 20.7 Å². The molecule has 0 saturated heterocycles. The Morgan fingerprint density at radius 3 is 2.55 bits per heavy atom. The van der Waals surface area contributed by atoms with E-state index in [1.54, 1.807) is 19.1 Å². The summed E-state index contributed by atoms with van der Waals surface area (Å²) in [5, 5.41) is 9.10. The predicted molar refractivity (Wildman–Crippen MR) is 84.7 cm³/mol. The monoisotopic (exact) mass is 375 g/mol. The molecule has 0 unspecified atom stereocenters. The van der Waals surface area contributed by atoms with Gasteiger partial charge in [0.05, 0.1) is 12.3 Å². The molecule has 0 saturated carbocycles. The molecule has 0 fully saturated rings. The van der Waals surface area contributed by atoms with Gasteiger partial charge in [-0.05, 0) is 43.7 Å². The van der Waals surface area contributed by atoms with Crippen LogP contribution >= 0.6 is 27.3 Å². The Labute approximate surface area is 130 Å². The summed E-state index contributed by atoms with van der Waals surface area (Å²) in [4.78, 5) is 1.51. The molecule has 2 rings (SSSR count). The molecule has 0 aliphatic carbocycles. The van der Waals surface area contributed by atoms with Crippen molar-refractivity contribution in [2.75, 3.05) is 4.72 Å². The van der Waals surface area contributed by atoms with Gasteiger partial charge in [0.1, 0.15) is 4.90 Å². The number of benzene rings is 1. The molecule has 4 nitrogen and oxygen atoms in total. The number of halogens is 1. The van der Waals surface area contributed by atoms with E-state index < -0.39 is 10.0 Å². The van der Waals surface area contributed by atoms with Crippen LogP contribution in [0.4, 0.5) is 5.69 Å². The van der Waals surface area contributed by atoms with Crippen LogP contribution in [0.15, 0.2) is 33.6 Å². The highest BCUT2D eigenvalue weighted by atomic mass is 79.9. The van der Waals surface area contributed by atoms with E-state index in [1.807, 2.05) is 13.0 Å². The topological polar surface area (TPSA) is 66.4 Å². The number of nitrogens with one attached hydrogen (secondary N) is 1. The van der Waals surface area contributed by atoms with Crippen molar-refractivity contribution in [3.05, 3.63) is 44.1 Å². The van der Waals surface area contributed by atoms with Crippen LogP contribution in [0.1, 0.15) is 15.3 Å². The second-order valence-electron chi connectivity index (χ2n) is 4.36. The molecule has 0 bridgehead atoms. The van der Waals surface area contributed by atoms with E-state index in [-0.39, 0.29) is 11.5 Å². The van der Waals surface area contributed by atoms with Crippen LogP contribution in [0.3, 0.4) is 0 Å². The second-order valence-corrected chi connectivity index (χ2v) is 8.26. The molecule has 0 aliphatic rings. The van der Waals surface area contributed by atoms with Crippen molar-refractivity contribution in [1.29, 1.82) is 0 Å². The van der Waals surface area contributed by atoms with E-state index in [4.69, 9.17) is 5.11 Å². The van der Waals surface area contributed by atoms with Crippen LogP contribution in [-0.2, 0) is 16.6 Å². The first kappa shape index (κ1) is 15.5. The highest BCUT2D eigenvalue weighted by Gasteiger charge is 2.20. The summed E-state index contributed by atoms with van der Waals surface area (Å²) in [7, 11) is -3.63. The van der Waals surface area contributed by atoms with Crippen molar-refractivity contribution < 1.29 is 13.5 Å². The highest BCUT2D eigenvalue weighted by molar-refractivity contribution is 9.10. The van der Waals surface area contributed by atoms with Gasteiger partial charge >= 0.3 is 0 Å². The molecule has 1 aromatic heterocycles. The highest BCUT2D eigenvalue weighted by Crippen LogP contribution is 2.29. The Kier molecular flexibility index (Phi) is 4.53. The van der Waals surface area contributed by atoms with E-state index >= 15 is 0 Å². The summed E-state index contributed by atoms with van der Waals surface area (Å²) in [5.74, 6) is 0. The van der Waals surface area contributed by atoms with E-state index in [9.17, 15) is 8.42 Å². The number of anilines is 1. The molecule has 7 heteroatoms. The fourth-order valence-corrected chi connectivity index (χ4v) is 4.91. The zero-order valence-electron chi connectivity index (χ0n) is 11.0. The molecule has 0 aliphatic heterocycles. The summed E-state index contributed by atoms with van der Waals surface area (Å²) in [6, 6.07) is 6.85. The molecule has 1 aromatic carbocycles. The standard InChI is InChI=1S/C13H14BrNO3S2/c1-8-5-10(14)3-4-12(8)15-20(17,18)13-6-11(7-16)19-9(13)2/h3-6,15-16H,7H2,1-2H3. The van der Waals surface area contributed by atoms with Gasteiger partial charge in [-0.2, -0.15) is 0 Å². The number of sulfonamides is 1. The molecule has 0 atom stereocenters. The Bertz CT molecular complexity index is 738. The van der Waals surface area contributed by atoms with Gasteiger partial charge in [0, 0.05) is 14.2 Å². The number of hydrogen-bond acceptors (Lipinski definition) is 4. The minimum Gasteiger partial charge on any atom is -0.391 e. The van der Waals surface area contributed by atoms with Crippen molar-refractivity contribution in [2.45, 2.75) is 25.3 Å². The lowest BCUT2D eigenvalue weighted by atomic mass is 10.2. The average molecular weight is 376 g/mol. The van der Waals surface area contributed by atoms with Crippen molar-refractivity contribution in [3.8, 4) is 0 Å². The molecule has 2 N–H and O–H groups in total. The number of rotatable bonds is 4. The van der Waals surface area contributed by atoms with Crippen LogP contribution in [0.5, 0.6) is 0 Å². The molecule has 0 amide bonds. The van der Waals surface area contributed by atoms with Crippen LogP contribution in [-0.4, -0.2) is 13.5 Å². The Morgan fingerprint density at radius 1 is 1.30 bits per heavy atom. The number of aliphatic hydroxyl groups excluding tert-OH is 1. The van der Waals surface area contributed by atoms with Crippen LogP contribution in [0, 0.1) is 13.8 Å². The molecule has 2 aromatic rings. The van der Waals surface area contributed by atoms with Crippen molar-refractivity contribution in [1.82, 2.24) is 0 Å². The maximum Gasteiger partial charge on any atom is 0.263 e. The van der Waals surface area contributed by atoms with Crippen molar-refractivity contribution in [3.63, 3.8) is 0 Å². The Hall–Kier alpha value is -0.890. The largest absolute Gasteiger partial charge is 0.391 e. The molecule has 0 radical (unpaired) electrons. The van der Waals surface area contributed by atoms with Gasteiger partial charge in [-0.25, -0.2) is 8.42 Å². The zero-order chi connectivity index (χ0) is 14.9. The molecular weight excluding hydrogens is 362 g/mol. The van der Waals surface area contributed by atoms with Gasteiger partial charge in [0.2, 0.25) is 0 Å². The quantitative estimate of drug-likeness (QED) is 0.859. The number of aliphatic hydroxyl groups is 1. The average Bonchev–Trinajstić information content (AvgIpc) is 2.75. The second kappa shape index (κ2) is 5.85. The van der Waals surface area contributed by atoms with E-state index in [0.29, 0.717) is 15.4 Å². The Morgan fingerprint density at radius 2 is 2.00 bits per heavy atom. The summed E-state index contributed by atoms with van der Waals surface area (Å²) in [6.45, 7) is 3.41. The molecule has 20 heavy (non-hydrogen) atoms. The first-order valence-corrected chi connectivity index (χ1v) is 8.92. The van der Waals surface area contributed by atoms with Gasteiger partial charge in [0.15, 0.2) is 0 Å². The summed E-state index contributed by atoms with van der Waals surface area (Å²) < 4.78 is 28.3. The van der Waals surface area contributed by atoms with Crippen LogP contribution < -0.4 is 4.72 Å². The fraction of sp³-hybridized carbons (Fsp3) is 0.231. The van der Waals surface area contributed by atoms with Gasteiger partial charge in [-0.1, -0.05) is 15.9 Å². The maximum absolute atomic E-state index is 12.4. The zero-order valence-corrected chi connectivity index (χ0v) is 14.2. The van der Waals surface area contributed by atoms with Crippen molar-refractivity contribution in [2.24, 2.45) is 0 Å². The van der Waals surface area contributed by atoms with E-state index in [1.165, 1.54) is 17.4 Å². The minimum atomic E-state index is -3.63. The van der Waals surface area contributed by atoms with Gasteiger partial charge in [-0.15, -0.1) is 11.3 Å². The fourth-order valence-electron chi connectivity index (χ4n) is 1.81. The SMILES string of the molecule is Cc1cc(Br)ccc1NS(=O)(=O)c1cc(CO)sc1C. The van der Waals surface area contributed by atoms with Gasteiger partial charge < -0.3 is 5.11 Å². The summed E-state index contributed by atoms with van der Waals surface area (Å²) in [6.07, 6.45) is 0. The van der Waals surface area contributed by atoms with Gasteiger partial charge in [0.25, 0.3) is 10.0 Å². The number of hydrogen-bond donors (Lipinski definition) is 2. The normalized spacial score (nSPS) is 11.6. The number of thiophene rings is 1. The van der Waals surface area contributed by atoms with Crippen molar-refractivity contribution >= 4 is 43.0 Å². The van der Waals surface area contributed by atoms with Gasteiger partial charge in [-0.3, -0.25) is 4.72 Å². The van der Waals surface area contributed by atoms with Crippen LogP contribution in [0.2, 0.25) is 0 Å². The molecular formula is C13H14BrNO3S2. The first-order chi connectivity index (χ1) is 9.33. The lowest BCUT2D eigenvalue weighted by Gasteiger charge is -2.10. The third-order valence-corrected chi connectivity index (χ3v) is 5.95.